The number of rotatable bonds is 9. The molecule has 2 fully saturated rings. The van der Waals surface area contributed by atoms with Crippen LogP contribution in [0.3, 0.4) is 0 Å². The van der Waals surface area contributed by atoms with Crippen LogP contribution in [0.25, 0.3) is 0 Å². The van der Waals surface area contributed by atoms with E-state index in [0.717, 1.165) is 37.6 Å². The van der Waals surface area contributed by atoms with Gasteiger partial charge < -0.3 is 14.5 Å². The number of ether oxygens (including phenoxy) is 1. The number of benzene rings is 1. The largest absolute Gasteiger partial charge is 0.497 e. The van der Waals surface area contributed by atoms with E-state index >= 15 is 0 Å². The van der Waals surface area contributed by atoms with Crippen molar-refractivity contribution in [1.29, 1.82) is 0 Å². The lowest BCUT2D eigenvalue weighted by Crippen LogP contribution is -2.27. The molecule has 0 unspecified atom stereocenters. The van der Waals surface area contributed by atoms with Crippen molar-refractivity contribution in [2.45, 2.75) is 44.8 Å². The summed E-state index contributed by atoms with van der Waals surface area (Å²) in [6.45, 7) is 2.42. The van der Waals surface area contributed by atoms with Crippen LogP contribution >= 0.6 is 0 Å². The van der Waals surface area contributed by atoms with E-state index in [1.54, 1.807) is 7.11 Å². The quantitative estimate of drug-likeness (QED) is 0.749. The Labute approximate surface area is 153 Å². The van der Waals surface area contributed by atoms with Crippen LogP contribution in [-0.2, 0) is 13.1 Å². The topological polar surface area (TPSA) is 67.6 Å². The molecule has 6 heteroatoms. The monoisotopic (exact) mass is 355 g/mol. The molecular formula is C20H25N3O3. The Balaban J connectivity index is 1.41. The van der Waals surface area contributed by atoms with Gasteiger partial charge in [0.25, 0.3) is 5.91 Å². The minimum Gasteiger partial charge on any atom is -0.497 e. The molecule has 1 N–H and O–H groups in total. The van der Waals surface area contributed by atoms with E-state index in [0.29, 0.717) is 24.2 Å². The van der Waals surface area contributed by atoms with Crippen LogP contribution in [0.1, 0.15) is 47.6 Å². The molecule has 6 nitrogen and oxygen atoms in total. The lowest BCUT2D eigenvalue weighted by molar-refractivity contribution is 0.0946. The summed E-state index contributed by atoms with van der Waals surface area (Å²) in [7, 11) is 1.68. The number of hydrogen-bond acceptors (Lipinski definition) is 5. The molecule has 2 aliphatic rings. The summed E-state index contributed by atoms with van der Waals surface area (Å²) >= 11 is 0. The van der Waals surface area contributed by atoms with Crippen LogP contribution < -0.4 is 10.1 Å². The Kier molecular flexibility index (Phi) is 4.93. The normalized spacial score (nSPS) is 16.7. The van der Waals surface area contributed by atoms with Crippen LogP contribution in [0, 0.1) is 5.92 Å². The van der Waals surface area contributed by atoms with E-state index in [-0.39, 0.29) is 5.91 Å². The molecule has 0 aliphatic heterocycles. The first-order valence-corrected chi connectivity index (χ1v) is 9.30. The fourth-order valence-electron chi connectivity index (χ4n) is 3.05. The highest BCUT2D eigenvalue weighted by molar-refractivity contribution is 5.92. The molecule has 1 amide bonds. The molecule has 0 radical (unpaired) electrons. The number of methoxy groups -OCH3 is 1. The summed E-state index contributed by atoms with van der Waals surface area (Å²) in [6.07, 6.45) is 6.16. The Morgan fingerprint density at radius 3 is 2.88 bits per heavy atom. The highest BCUT2D eigenvalue weighted by atomic mass is 16.5. The zero-order valence-corrected chi connectivity index (χ0v) is 15.1. The molecule has 1 aromatic carbocycles. The van der Waals surface area contributed by atoms with E-state index in [2.05, 4.69) is 27.3 Å². The summed E-state index contributed by atoms with van der Waals surface area (Å²) in [5.41, 5.74) is 1.57. The van der Waals surface area contributed by atoms with Gasteiger partial charge in [0.2, 0.25) is 5.89 Å². The fourth-order valence-corrected chi connectivity index (χ4v) is 3.05. The van der Waals surface area contributed by atoms with E-state index in [9.17, 15) is 4.79 Å². The molecule has 26 heavy (non-hydrogen) atoms. The van der Waals surface area contributed by atoms with Crippen LogP contribution in [0.5, 0.6) is 5.75 Å². The first-order chi connectivity index (χ1) is 12.7. The van der Waals surface area contributed by atoms with Crippen molar-refractivity contribution in [1.82, 2.24) is 15.2 Å². The van der Waals surface area contributed by atoms with E-state index < -0.39 is 0 Å². The minimum atomic E-state index is -0.135. The van der Waals surface area contributed by atoms with Gasteiger partial charge in [0.15, 0.2) is 5.69 Å². The number of oxazole rings is 1. The van der Waals surface area contributed by atoms with Crippen LogP contribution in [0.2, 0.25) is 0 Å². The predicted molar refractivity (Wildman–Crippen MR) is 96.8 cm³/mol. The lowest BCUT2D eigenvalue weighted by atomic mass is 10.2. The van der Waals surface area contributed by atoms with Gasteiger partial charge >= 0.3 is 0 Å². The van der Waals surface area contributed by atoms with Crippen molar-refractivity contribution in [2.24, 2.45) is 5.92 Å². The number of nitrogens with zero attached hydrogens (tertiary/aromatic N) is 2. The maximum atomic E-state index is 12.1. The maximum Gasteiger partial charge on any atom is 0.273 e. The number of carbonyl (C=O) groups is 1. The maximum absolute atomic E-state index is 12.1. The summed E-state index contributed by atoms with van der Waals surface area (Å²) in [4.78, 5) is 18.8. The van der Waals surface area contributed by atoms with Crippen LogP contribution in [0.15, 0.2) is 34.9 Å². The number of aromatic nitrogens is 1. The standard InChI is InChI=1S/C20H25N3O3/c1-25-17-4-2-3-15(9-17)11-23(10-14-5-6-14)12-19-22-18(13-26-19)20(24)21-16-7-8-16/h2-4,9,13-14,16H,5-8,10-12H2,1H3,(H,21,24). The first-order valence-electron chi connectivity index (χ1n) is 9.30. The predicted octanol–water partition coefficient (Wildman–Crippen LogP) is 2.99. The third-order valence-electron chi connectivity index (χ3n) is 4.81. The van der Waals surface area contributed by atoms with Gasteiger partial charge in [0.05, 0.1) is 13.7 Å². The molecular weight excluding hydrogens is 330 g/mol. The molecule has 4 rings (SSSR count). The zero-order chi connectivity index (χ0) is 17.9. The fraction of sp³-hybridized carbons (Fsp3) is 0.500. The van der Waals surface area contributed by atoms with Gasteiger partial charge in [-0.25, -0.2) is 4.98 Å². The van der Waals surface area contributed by atoms with Gasteiger partial charge in [-0.15, -0.1) is 0 Å². The number of amides is 1. The molecule has 0 atom stereocenters. The summed E-state index contributed by atoms with van der Waals surface area (Å²) in [5, 5.41) is 2.94. The molecule has 2 saturated carbocycles. The molecule has 0 bridgehead atoms. The Morgan fingerprint density at radius 1 is 1.31 bits per heavy atom. The van der Waals surface area contributed by atoms with Gasteiger partial charge in [-0.2, -0.15) is 0 Å². The SMILES string of the molecule is COc1cccc(CN(Cc2nc(C(=O)NC3CC3)co2)CC2CC2)c1. The molecule has 0 saturated heterocycles. The van der Waals surface area contributed by atoms with Gasteiger partial charge in [-0.3, -0.25) is 9.69 Å². The van der Waals surface area contributed by atoms with Crippen LogP contribution in [0.4, 0.5) is 0 Å². The van der Waals surface area contributed by atoms with Crippen molar-refractivity contribution in [3.05, 3.63) is 47.7 Å². The van der Waals surface area contributed by atoms with Crippen molar-refractivity contribution in [3.63, 3.8) is 0 Å². The highest BCUT2D eigenvalue weighted by Crippen LogP contribution is 2.31. The van der Waals surface area contributed by atoms with E-state index in [1.807, 2.05) is 12.1 Å². The van der Waals surface area contributed by atoms with Crippen molar-refractivity contribution in [3.8, 4) is 5.75 Å². The number of carbonyl (C=O) groups excluding carboxylic acids is 1. The summed E-state index contributed by atoms with van der Waals surface area (Å²) < 4.78 is 10.9. The van der Waals surface area contributed by atoms with E-state index in [1.165, 1.54) is 24.7 Å². The third kappa shape index (κ3) is 4.64. The molecule has 2 aromatic rings. The zero-order valence-electron chi connectivity index (χ0n) is 15.1. The Hall–Kier alpha value is -2.34. The number of hydrogen-bond donors (Lipinski definition) is 1. The molecule has 1 heterocycles. The smallest absolute Gasteiger partial charge is 0.273 e. The summed E-state index contributed by atoms with van der Waals surface area (Å²) in [6, 6.07) is 8.45. The van der Waals surface area contributed by atoms with Crippen molar-refractivity contribution >= 4 is 5.91 Å². The minimum absolute atomic E-state index is 0.135. The van der Waals surface area contributed by atoms with Gasteiger partial charge in [0, 0.05) is 19.1 Å². The van der Waals surface area contributed by atoms with Gasteiger partial charge in [-0.05, 0) is 49.3 Å². The second kappa shape index (κ2) is 7.50. The van der Waals surface area contributed by atoms with Crippen LogP contribution in [-0.4, -0.2) is 35.5 Å². The average molecular weight is 355 g/mol. The lowest BCUT2D eigenvalue weighted by Gasteiger charge is -2.21. The van der Waals surface area contributed by atoms with Crippen molar-refractivity contribution in [2.75, 3.05) is 13.7 Å². The Bertz CT molecular complexity index is 765. The molecule has 2 aliphatic carbocycles. The van der Waals surface area contributed by atoms with Gasteiger partial charge in [-0.1, -0.05) is 12.1 Å². The highest BCUT2D eigenvalue weighted by Gasteiger charge is 2.27. The van der Waals surface area contributed by atoms with Crippen molar-refractivity contribution < 1.29 is 13.9 Å². The van der Waals surface area contributed by atoms with Gasteiger partial charge in [0.1, 0.15) is 12.0 Å². The Morgan fingerprint density at radius 2 is 2.15 bits per heavy atom. The molecule has 138 valence electrons. The molecule has 0 spiro atoms. The summed E-state index contributed by atoms with van der Waals surface area (Å²) in [5.74, 6) is 2.08. The first kappa shape index (κ1) is 17.1. The molecule has 1 aromatic heterocycles. The van der Waals surface area contributed by atoms with E-state index in [4.69, 9.17) is 9.15 Å². The second-order valence-electron chi connectivity index (χ2n) is 7.34. The average Bonchev–Trinajstić information content (AvgIpc) is 3.56. The number of nitrogens with one attached hydrogen (secondary N) is 1. The third-order valence-corrected chi connectivity index (χ3v) is 4.81. The second-order valence-corrected chi connectivity index (χ2v) is 7.34.